The Morgan fingerprint density at radius 2 is 2.20 bits per heavy atom. The van der Waals surface area contributed by atoms with E-state index in [1.54, 1.807) is 4.90 Å². The molecule has 0 N–H and O–H groups in total. The maximum absolute atomic E-state index is 11.6. The number of para-hydroxylation sites is 1. The molecule has 1 atom stereocenters. The Labute approximate surface area is 89.4 Å². The van der Waals surface area contributed by atoms with Gasteiger partial charge in [-0.25, -0.2) is 10.1 Å². The summed E-state index contributed by atoms with van der Waals surface area (Å²) in [6.45, 7) is 4.27. The second-order valence-electron chi connectivity index (χ2n) is 3.51. The van der Waals surface area contributed by atoms with Crippen LogP contribution in [0.1, 0.15) is 6.42 Å². The van der Waals surface area contributed by atoms with Crippen molar-refractivity contribution in [3.63, 3.8) is 0 Å². The fourth-order valence-corrected chi connectivity index (χ4v) is 1.78. The molecule has 1 heterocycles. The zero-order chi connectivity index (χ0) is 10.7. The number of amides is 2. The summed E-state index contributed by atoms with van der Waals surface area (Å²) in [4.78, 5) is 13.3. The number of nitrogens with zero attached hydrogens (tertiary/aromatic N) is 2. The Balaban J connectivity index is 2.25. The van der Waals surface area contributed by atoms with Crippen LogP contribution in [0.4, 0.5) is 10.5 Å². The van der Waals surface area contributed by atoms with Gasteiger partial charge in [-0.15, -0.1) is 6.58 Å². The van der Waals surface area contributed by atoms with Crippen LogP contribution in [0.5, 0.6) is 0 Å². The van der Waals surface area contributed by atoms with Gasteiger partial charge in [0.25, 0.3) is 0 Å². The molecule has 77 valence electrons. The molecule has 0 aromatic heterocycles. The van der Waals surface area contributed by atoms with Gasteiger partial charge in [-0.1, -0.05) is 24.3 Å². The standard InChI is InChI=1S/C12H13N2O/c1-2-6-11-9-13-12(15)14(11)10-7-4-3-5-8-10/h2-5,7-8,11H,1,6,9H2. The number of benzene rings is 1. The van der Waals surface area contributed by atoms with Crippen LogP contribution in [-0.4, -0.2) is 18.6 Å². The van der Waals surface area contributed by atoms with E-state index in [0.29, 0.717) is 6.54 Å². The van der Waals surface area contributed by atoms with Gasteiger partial charge in [0.05, 0.1) is 12.6 Å². The quantitative estimate of drug-likeness (QED) is 0.690. The van der Waals surface area contributed by atoms with Crippen molar-refractivity contribution < 1.29 is 4.79 Å². The first-order chi connectivity index (χ1) is 7.33. The molecular formula is C12H13N2O. The van der Waals surface area contributed by atoms with Crippen molar-refractivity contribution >= 4 is 11.7 Å². The monoisotopic (exact) mass is 201 g/mol. The van der Waals surface area contributed by atoms with Gasteiger partial charge < -0.3 is 0 Å². The fourth-order valence-electron chi connectivity index (χ4n) is 1.78. The molecule has 1 aliphatic rings. The number of anilines is 1. The molecule has 0 bridgehead atoms. The first-order valence-corrected chi connectivity index (χ1v) is 4.99. The van der Waals surface area contributed by atoms with E-state index < -0.39 is 0 Å². The largest absolute Gasteiger partial charge is 0.343 e. The first-order valence-electron chi connectivity index (χ1n) is 4.99. The lowest BCUT2D eigenvalue weighted by molar-refractivity contribution is 0.251. The van der Waals surface area contributed by atoms with Gasteiger partial charge in [-0.05, 0) is 18.6 Å². The van der Waals surface area contributed by atoms with Gasteiger partial charge >= 0.3 is 6.03 Å². The molecule has 15 heavy (non-hydrogen) atoms. The molecule has 0 aliphatic carbocycles. The summed E-state index contributed by atoms with van der Waals surface area (Å²) in [6.07, 6.45) is 2.61. The number of urea groups is 1. The van der Waals surface area contributed by atoms with Crippen molar-refractivity contribution in [3.05, 3.63) is 43.0 Å². The second-order valence-corrected chi connectivity index (χ2v) is 3.51. The summed E-state index contributed by atoms with van der Waals surface area (Å²) in [7, 11) is 0. The molecule has 1 radical (unpaired) electrons. The average molecular weight is 201 g/mol. The Hall–Kier alpha value is -1.77. The van der Waals surface area contributed by atoms with E-state index in [1.165, 1.54) is 0 Å². The summed E-state index contributed by atoms with van der Waals surface area (Å²) < 4.78 is 0. The summed E-state index contributed by atoms with van der Waals surface area (Å²) in [5.74, 6) is 0. The summed E-state index contributed by atoms with van der Waals surface area (Å²) in [6, 6.07) is 9.62. The molecule has 3 heteroatoms. The highest BCUT2D eigenvalue weighted by molar-refractivity contribution is 5.94. The Bertz CT molecular complexity index is 361. The van der Waals surface area contributed by atoms with Crippen LogP contribution >= 0.6 is 0 Å². The molecule has 1 saturated heterocycles. The summed E-state index contributed by atoms with van der Waals surface area (Å²) in [5, 5.41) is 3.93. The van der Waals surface area contributed by atoms with E-state index in [1.807, 2.05) is 36.4 Å². The van der Waals surface area contributed by atoms with Crippen LogP contribution in [0.2, 0.25) is 0 Å². The van der Waals surface area contributed by atoms with Crippen LogP contribution in [0.25, 0.3) is 0 Å². The van der Waals surface area contributed by atoms with Crippen molar-refractivity contribution in [3.8, 4) is 0 Å². The van der Waals surface area contributed by atoms with E-state index in [9.17, 15) is 4.79 Å². The van der Waals surface area contributed by atoms with E-state index in [-0.39, 0.29) is 12.1 Å². The third kappa shape index (κ3) is 1.86. The van der Waals surface area contributed by atoms with Crippen molar-refractivity contribution in [2.24, 2.45) is 0 Å². The predicted octanol–water partition coefficient (Wildman–Crippen LogP) is 2.18. The molecular weight excluding hydrogens is 188 g/mol. The molecule has 2 amide bonds. The van der Waals surface area contributed by atoms with Crippen LogP contribution in [0.15, 0.2) is 43.0 Å². The Kier molecular flexibility index (Phi) is 2.72. The highest BCUT2D eigenvalue weighted by Crippen LogP contribution is 2.22. The zero-order valence-corrected chi connectivity index (χ0v) is 8.47. The van der Waals surface area contributed by atoms with E-state index >= 15 is 0 Å². The minimum absolute atomic E-state index is 0.136. The van der Waals surface area contributed by atoms with Crippen LogP contribution in [0, 0.1) is 0 Å². The average Bonchev–Trinajstić information content (AvgIpc) is 2.62. The van der Waals surface area contributed by atoms with Crippen molar-refractivity contribution in [2.45, 2.75) is 12.5 Å². The lowest BCUT2D eigenvalue weighted by Gasteiger charge is -2.21. The number of carbonyl (C=O) groups excluding carboxylic acids is 1. The smallest absolute Gasteiger partial charge is 0.288 e. The topological polar surface area (TPSA) is 34.4 Å². The summed E-state index contributed by atoms with van der Waals surface area (Å²) in [5.41, 5.74) is 0.913. The highest BCUT2D eigenvalue weighted by Gasteiger charge is 2.32. The van der Waals surface area contributed by atoms with Gasteiger partial charge in [-0.2, -0.15) is 0 Å². The third-order valence-electron chi connectivity index (χ3n) is 2.48. The highest BCUT2D eigenvalue weighted by atomic mass is 16.2. The number of hydrogen-bond donors (Lipinski definition) is 0. The van der Waals surface area contributed by atoms with Crippen LogP contribution < -0.4 is 10.2 Å². The maximum Gasteiger partial charge on any atom is 0.343 e. The molecule has 1 aromatic rings. The normalized spacial score (nSPS) is 20.1. The second kappa shape index (κ2) is 4.17. The van der Waals surface area contributed by atoms with Gasteiger partial charge in [0, 0.05) is 5.69 Å². The van der Waals surface area contributed by atoms with Crippen molar-refractivity contribution in [2.75, 3.05) is 11.4 Å². The molecule has 0 saturated carbocycles. The van der Waals surface area contributed by atoms with Crippen molar-refractivity contribution in [1.82, 2.24) is 5.32 Å². The van der Waals surface area contributed by atoms with Crippen LogP contribution in [-0.2, 0) is 0 Å². The van der Waals surface area contributed by atoms with Gasteiger partial charge in [-0.3, -0.25) is 4.90 Å². The number of carbonyl (C=O) groups is 1. The molecule has 1 fully saturated rings. The molecule has 2 rings (SSSR count). The Morgan fingerprint density at radius 3 is 2.87 bits per heavy atom. The van der Waals surface area contributed by atoms with E-state index in [0.717, 1.165) is 12.1 Å². The first kappa shape index (κ1) is 9.77. The lowest BCUT2D eigenvalue weighted by atomic mass is 10.2. The minimum Gasteiger partial charge on any atom is -0.288 e. The minimum atomic E-state index is -0.145. The fraction of sp³-hybridized carbons (Fsp3) is 0.250. The van der Waals surface area contributed by atoms with Crippen molar-refractivity contribution in [1.29, 1.82) is 0 Å². The van der Waals surface area contributed by atoms with Gasteiger partial charge in [0.2, 0.25) is 0 Å². The van der Waals surface area contributed by atoms with Crippen LogP contribution in [0.3, 0.4) is 0 Å². The summed E-state index contributed by atoms with van der Waals surface area (Å²) >= 11 is 0. The zero-order valence-electron chi connectivity index (χ0n) is 8.47. The number of hydrogen-bond acceptors (Lipinski definition) is 1. The van der Waals surface area contributed by atoms with E-state index in [4.69, 9.17) is 0 Å². The molecule has 0 spiro atoms. The maximum atomic E-state index is 11.6. The third-order valence-corrected chi connectivity index (χ3v) is 2.48. The van der Waals surface area contributed by atoms with Gasteiger partial charge in [0.15, 0.2) is 0 Å². The van der Waals surface area contributed by atoms with E-state index in [2.05, 4.69) is 11.9 Å². The SMILES string of the molecule is C=CCC1C[N]C(=O)N1c1ccccc1. The number of rotatable bonds is 3. The van der Waals surface area contributed by atoms with Gasteiger partial charge in [0.1, 0.15) is 0 Å². The Morgan fingerprint density at radius 1 is 1.47 bits per heavy atom. The molecule has 1 aliphatic heterocycles. The predicted molar refractivity (Wildman–Crippen MR) is 59.9 cm³/mol. The molecule has 1 aromatic carbocycles. The molecule has 1 unspecified atom stereocenters. The molecule has 3 nitrogen and oxygen atoms in total. The lowest BCUT2D eigenvalue weighted by Crippen LogP contribution is -2.33.